The maximum absolute atomic E-state index is 11.6. The van der Waals surface area contributed by atoms with Crippen molar-refractivity contribution >= 4 is 29.2 Å². The summed E-state index contributed by atoms with van der Waals surface area (Å²) in [7, 11) is 1.39. The maximum Gasteiger partial charge on any atom is 0.354 e. The molecular formula is C14H17N5O4. The number of rotatable bonds is 3. The van der Waals surface area contributed by atoms with Gasteiger partial charge in [0, 0.05) is 13.1 Å². The van der Waals surface area contributed by atoms with E-state index in [0.717, 1.165) is 5.69 Å². The van der Waals surface area contributed by atoms with Crippen molar-refractivity contribution in [1.29, 1.82) is 0 Å². The highest BCUT2D eigenvalue weighted by Gasteiger charge is 2.27. The van der Waals surface area contributed by atoms with Crippen LogP contribution in [0.5, 0.6) is 0 Å². The minimum Gasteiger partial charge on any atom is -0.477 e. The van der Waals surface area contributed by atoms with Gasteiger partial charge in [-0.3, -0.25) is 4.79 Å². The summed E-state index contributed by atoms with van der Waals surface area (Å²) in [6.45, 7) is 1.29. The van der Waals surface area contributed by atoms with E-state index in [9.17, 15) is 14.7 Å². The number of carbonyl (C=O) groups is 2. The lowest BCUT2D eigenvalue weighted by Gasteiger charge is -2.32. The fourth-order valence-electron chi connectivity index (χ4n) is 2.90. The molecule has 3 N–H and O–H groups in total. The van der Waals surface area contributed by atoms with E-state index in [2.05, 4.69) is 15.0 Å². The van der Waals surface area contributed by atoms with E-state index >= 15 is 0 Å². The fourth-order valence-corrected chi connectivity index (χ4v) is 2.90. The van der Waals surface area contributed by atoms with Crippen molar-refractivity contribution in [3.63, 3.8) is 0 Å². The molecule has 0 bridgehead atoms. The second-order valence-electron chi connectivity index (χ2n) is 5.40. The van der Waals surface area contributed by atoms with Crippen LogP contribution in [0.2, 0.25) is 0 Å². The molecule has 23 heavy (non-hydrogen) atoms. The highest BCUT2D eigenvalue weighted by atomic mass is 16.5. The second kappa shape index (κ2) is 5.75. The Morgan fingerprint density at radius 1 is 1.35 bits per heavy atom. The monoisotopic (exact) mass is 319 g/mol. The van der Waals surface area contributed by atoms with Crippen LogP contribution in [0.15, 0.2) is 12.1 Å². The number of carbonyl (C=O) groups excluding carboxylic acids is 1. The molecule has 1 fully saturated rings. The van der Waals surface area contributed by atoms with Crippen LogP contribution in [0.1, 0.15) is 23.3 Å². The van der Waals surface area contributed by atoms with Crippen LogP contribution in [-0.4, -0.2) is 51.8 Å². The lowest BCUT2D eigenvalue weighted by Crippen LogP contribution is -2.37. The summed E-state index contributed by atoms with van der Waals surface area (Å²) in [6.07, 6.45) is 1.34. The third-order valence-electron chi connectivity index (χ3n) is 4.07. The van der Waals surface area contributed by atoms with E-state index in [1.54, 1.807) is 6.07 Å². The van der Waals surface area contributed by atoms with Gasteiger partial charge in [0.15, 0.2) is 11.3 Å². The Morgan fingerprint density at radius 2 is 2.04 bits per heavy atom. The number of nitrogens with zero attached hydrogens (tertiary/aromatic N) is 4. The zero-order chi connectivity index (χ0) is 16.6. The van der Waals surface area contributed by atoms with Crippen LogP contribution in [0, 0.1) is 5.92 Å². The van der Waals surface area contributed by atoms with Crippen LogP contribution in [0.25, 0.3) is 5.65 Å². The zero-order valence-corrected chi connectivity index (χ0v) is 12.6. The van der Waals surface area contributed by atoms with Gasteiger partial charge in [-0.05, 0) is 25.0 Å². The van der Waals surface area contributed by atoms with Crippen LogP contribution >= 0.6 is 0 Å². The van der Waals surface area contributed by atoms with Gasteiger partial charge in [0.2, 0.25) is 5.95 Å². The van der Waals surface area contributed by atoms with Crippen LogP contribution in [0.4, 0.5) is 11.6 Å². The number of nitrogens with two attached hydrogens (primary N) is 1. The first-order valence-electron chi connectivity index (χ1n) is 7.22. The van der Waals surface area contributed by atoms with Gasteiger partial charge in [-0.2, -0.15) is 4.98 Å². The zero-order valence-electron chi connectivity index (χ0n) is 12.6. The van der Waals surface area contributed by atoms with Crippen molar-refractivity contribution in [1.82, 2.24) is 14.6 Å². The summed E-state index contributed by atoms with van der Waals surface area (Å²) >= 11 is 0. The molecule has 0 atom stereocenters. The van der Waals surface area contributed by atoms with E-state index in [1.165, 1.54) is 17.7 Å². The molecule has 0 aromatic carbocycles. The molecular weight excluding hydrogens is 302 g/mol. The first-order chi connectivity index (χ1) is 11.0. The number of aromatic carboxylic acids is 1. The Kier molecular flexibility index (Phi) is 3.77. The largest absolute Gasteiger partial charge is 0.477 e. The number of methoxy groups -OCH3 is 1. The number of ether oxygens (including phenoxy) is 1. The number of hydrogen-bond donors (Lipinski definition) is 2. The van der Waals surface area contributed by atoms with Crippen LogP contribution in [0.3, 0.4) is 0 Å². The number of anilines is 2. The van der Waals surface area contributed by atoms with Crippen molar-refractivity contribution in [3.05, 3.63) is 17.8 Å². The average molecular weight is 319 g/mol. The van der Waals surface area contributed by atoms with E-state index in [4.69, 9.17) is 10.5 Å². The fraction of sp³-hybridized carbons (Fsp3) is 0.429. The first-order valence-corrected chi connectivity index (χ1v) is 7.22. The number of piperidine rings is 1. The molecule has 1 saturated heterocycles. The molecule has 3 rings (SSSR count). The summed E-state index contributed by atoms with van der Waals surface area (Å²) in [5.41, 5.74) is 6.77. The lowest BCUT2D eigenvalue weighted by molar-refractivity contribution is -0.146. The van der Waals surface area contributed by atoms with Crippen LogP contribution in [-0.2, 0) is 9.53 Å². The number of nitrogen functional groups attached to an aromatic ring is 1. The molecule has 2 aromatic heterocycles. The summed E-state index contributed by atoms with van der Waals surface area (Å²) < 4.78 is 6.02. The molecule has 9 nitrogen and oxygen atoms in total. The molecule has 0 radical (unpaired) electrons. The van der Waals surface area contributed by atoms with Crippen molar-refractivity contribution in [2.45, 2.75) is 12.8 Å². The number of hydrogen-bond acceptors (Lipinski definition) is 7. The van der Waals surface area contributed by atoms with Crippen molar-refractivity contribution < 1.29 is 19.4 Å². The quantitative estimate of drug-likeness (QED) is 0.779. The highest BCUT2D eigenvalue weighted by Crippen LogP contribution is 2.28. The standard InChI is InChI=1S/C14H17N5O4/c1-23-13(22)8-4-6-18(7-5-8)9-2-3-10(12(20)21)19-11(9)16-14(15)17-19/h2-3,8H,4-7H2,1H3,(H2,15,17)(H,20,21). The van der Waals surface area contributed by atoms with E-state index in [-0.39, 0.29) is 23.5 Å². The summed E-state index contributed by atoms with van der Waals surface area (Å²) in [4.78, 5) is 29.0. The van der Waals surface area contributed by atoms with Gasteiger partial charge in [-0.15, -0.1) is 5.10 Å². The highest BCUT2D eigenvalue weighted by molar-refractivity contribution is 5.88. The molecule has 122 valence electrons. The first kappa shape index (κ1) is 15.1. The van der Waals surface area contributed by atoms with E-state index in [1.807, 2.05) is 0 Å². The Labute approximate surface area is 131 Å². The van der Waals surface area contributed by atoms with Gasteiger partial charge in [0.25, 0.3) is 0 Å². The van der Waals surface area contributed by atoms with E-state index in [0.29, 0.717) is 31.6 Å². The third kappa shape index (κ3) is 2.65. The summed E-state index contributed by atoms with van der Waals surface area (Å²) in [6, 6.07) is 3.18. The molecule has 3 heterocycles. The number of carboxylic acids is 1. The van der Waals surface area contributed by atoms with E-state index < -0.39 is 5.97 Å². The molecule has 1 aliphatic rings. The lowest BCUT2D eigenvalue weighted by atomic mass is 9.97. The average Bonchev–Trinajstić information content (AvgIpc) is 2.94. The molecule has 0 spiro atoms. The Hall–Kier alpha value is -2.84. The second-order valence-corrected chi connectivity index (χ2v) is 5.40. The number of esters is 1. The Balaban J connectivity index is 1.91. The van der Waals surface area contributed by atoms with Gasteiger partial charge >= 0.3 is 11.9 Å². The topological polar surface area (TPSA) is 123 Å². The smallest absolute Gasteiger partial charge is 0.354 e. The maximum atomic E-state index is 11.6. The molecule has 9 heteroatoms. The third-order valence-corrected chi connectivity index (χ3v) is 4.07. The number of aromatic nitrogens is 3. The summed E-state index contributed by atoms with van der Waals surface area (Å²) in [5, 5.41) is 13.2. The molecule has 0 aliphatic carbocycles. The molecule has 0 saturated carbocycles. The van der Waals surface area contributed by atoms with Gasteiger partial charge in [-0.25, -0.2) is 9.31 Å². The van der Waals surface area contributed by atoms with Gasteiger partial charge in [0.1, 0.15) is 0 Å². The van der Waals surface area contributed by atoms with Gasteiger partial charge in [0.05, 0.1) is 18.7 Å². The number of pyridine rings is 1. The summed E-state index contributed by atoms with van der Waals surface area (Å²) in [5.74, 6) is -1.38. The predicted octanol–water partition coefficient (Wildman–Crippen LogP) is 0.399. The Morgan fingerprint density at radius 3 is 2.65 bits per heavy atom. The molecule has 2 aromatic rings. The SMILES string of the molecule is COC(=O)C1CCN(c2ccc(C(=O)O)n3nc(N)nc23)CC1. The predicted molar refractivity (Wildman–Crippen MR) is 81.3 cm³/mol. The molecule has 0 amide bonds. The van der Waals surface area contributed by atoms with Gasteiger partial charge < -0.3 is 20.5 Å². The molecule has 0 unspecified atom stereocenters. The van der Waals surface area contributed by atoms with Crippen molar-refractivity contribution in [3.8, 4) is 0 Å². The van der Waals surface area contributed by atoms with Gasteiger partial charge in [-0.1, -0.05) is 0 Å². The Bertz CT molecular complexity index is 764. The number of carboxylic acid groups (broad SMARTS) is 1. The van der Waals surface area contributed by atoms with Crippen molar-refractivity contribution in [2.24, 2.45) is 5.92 Å². The van der Waals surface area contributed by atoms with Crippen molar-refractivity contribution in [2.75, 3.05) is 30.8 Å². The normalized spacial score (nSPS) is 15.8. The minimum atomic E-state index is -1.10. The van der Waals surface area contributed by atoms with Crippen LogP contribution < -0.4 is 10.6 Å². The molecule has 1 aliphatic heterocycles. The number of fused-ring (bicyclic) bond motifs is 1. The minimum absolute atomic E-state index is 0.00241.